The molecule has 0 saturated carbocycles. The highest BCUT2D eigenvalue weighted by molar-refractivity contribution is 5.75. The Morgan fingerprint density at radius 1 is 1.50 bits per heavy atom. The third kappa shape index (κ3) is 8.95. The molecular weight excluding hydrogens is 152 g/mol. The van der Waals surface area contributed by atoms with Crippen LogP contribution in [0, 0.1) is 6.08 Å². The lowest BCUT2D eigenvalue weighted by atomic mass is 10.2. The van der Waals surface area contributed by atoms with E-state index in [1.54, 1.807) is 6.08 Å². The van der Waals surface area contributed by atoms with Gasteiger partial charge >= 0.3 is 5.97 Å². The van der Waals surface area contributed by atoms with Crippen molar-refractivity contribution in [1.82, 2.24) is 0 Å². The fourth-order valence-electron chi connectivity index (χ4n) is 0.796. The van der Waals surface area contributed by atoms with Crippen LogP contribution in [0.3, 0.4) is 0 Å². The minimum Gasteiger partial charge on any atom is -0.478 e. The van der Waals surface area contributed by atoms with Crippen molar-refractivity contribution in [2.45, 2.75) is 32.6 Å². The summed E-state index contributed by atoms with van der Waals surface area (Å²) in [6.07, 6.45) is 11.9. The van der Waals surface area contributed by atoms with Crippen molar-refractivity contribution >= 4 is 5.97 Å². The number of rotatable bonds is 6. The number of unbranched alkanes of at least 4 members (excludes halogenated alkanes) is 3. The Morgan fingerprint density at radius 3 is 2.83 bits per heavy atom. The monoisotopic (exact) mass is 167 g/mol. The minimum atomic E-state index is -1.02. The molecule has 2 nitrogen and oxygen atoms in total. The Morgan fingerprint density at radius 2 is 2.25 bits per heavy atom. The van der Waals surface area contributed by atoms with Crippen LogP contribution in [-0.2, 0) is 4.79 Å². The van der Waals surface area contributed by atoms with E-state index in [0.717, 1.165) is 6.42 Å². The van der Waals surface area contributed by atoms with Crippen molar-refractivity contribution in [3.8, 4) is 0 Å². The van der Waals surface area contributed by atoms with Gasteiger partial charge < -0.3 is 5.11 Å². The molecule has 0 aromatic rings. The second-order valence-corrected chi connectivity index (χ2v) is 2.54. The fourth-order valence-corrected chi connectivity index (χ4v) is 0.796. The SMILES string of the molecule is CCCCCC=C/C=[C]/C(=O)O. The van der Waals surface area contributed by atoms with E-state index in [1.807, 2.05) is 6.08 Å². The molecule has 2 heteroatoms. The molecule has 0 aromatic heterocycles. The lowest BCUT2D eigenvalue weighted by Gasteiger charge is -1.89. The average Bonchev–Trinajstić information content (AvgIpc) is 2.02. The van der Waals surface area contributed by atoms with Gasteiger partial charge in [-0.3, -0.25) is 0 Å². The summed E-state index contributed by atoms with van der Waals surface area (Å²) in [5.74, 6) is -1.02. The zero-order valence-electron chi connectivity index (χ0n) is 7.42. The Kier molecular flexibility index (Phi) is 7.35. The first-order valence-electron chi connectivity index (χ1n) is 4.25. The normalized spacial score (nSPS) is 11.4. The van der Waals surface area contributed by atoms with E-state index < -0.39 is 5.97 Å². The molecule has 0 fully saturated rings. The second kappa shape index (κ2) is 8.05. The van der Waals surface area contributed by atoms with E-state index in [4.69, 9.17) is 5.11 Å². The molecule has 0 bridgehead atoms. The van der Waals surface area contributed by atoms with Crippen LogP contribution in [0.15, 0.2) is 18.2 Å². The quantitative estimate of drug-likeness (QED) is 0.375. The first-order valence-corrected chi connectivity index (χ1v) is 4.25. The third-order valence-electron chi connectivity index (χ3n) is 1.41. The van der Waals surface area contributed by atoms with Gasteiger partial charge in [-0.2, -0.15) is 0 Å². The number of hydrogen-bond donors (Lipinski definition) is 1. The van der Waals surface area contributed by atoms with E-state index in [2.05, 4.69) is 13.0 Å². The van der Waals surface area contributed by atoms with Gasteiger partial charge in [0.05, 0.1) is 6.08 Å². The molecule has 0 unspecified atom stereocenters. The second-order valence-electron chi connectivity index (χ2n) is 2.54. The predicted molar refractivity (Wildman–Crippen MR) is 48.7 cm³/mol. The van der Waals surface area contributed by atoms with Crippen LogP contribution in [0.25, 0.3) is 0 Å². The van der Waals surface area contributed by atoms with E-state index in [-0.39, 0.29) is 0 Å². The molecule has 0 spiro atoms. The summed E-state index contributed by atoms with van der Waals surface area (Å²) < 4.78 is 0. The summed E-state index contributed by atoms with van der Waals surface area (Å²) in [5.41, 5.74) is 0. The number of carbonyl (C=O) groups is 1. The summed E-state index contributed by atoms with van der Waals surface area (Å²) in [5, 5.41) is 8.18. The molecule has 0 aliphatic heterocycles. The summed E-state index contributed by atoms with van der Waals surface area (Å²) >= 11 is 0. The minimum absolute atomic E-state index is 1.02. The first-order chi connectivity index (χ1) is 5.77. The van der Waals surface area contributed by atoms with Crippen LogP contribution in [0.1, 0.15) is 32.6 Å². The van der Waals surface area contributed by atoms with Crippen LogP contribution in [0.4, 0.5) is 0 Å². The Labute approximate surface area is 73.6 Å². The molecule has 67 valence electrons. The molecule has 0 saturated heterocycles. The zero-order chi connectivity index (χ0) is 9.23. The highest BCUT2D eigenvalue weighted by atomic mass is 16.4. The Hall–Kier alpha value is -1.05. The standard InChI is InChI=1S/C10H15O2/c1-2-3-4-5-6-7-8-9-10(11)12/h6-8H,2-5H2,1H3,(H,11,12). The molecule has 0 aliphatic rings. The molecule has 0 amide bonds. The summed E-state index contributed by atoms with van der Waals surface area (Å²) in [6.45, 7) is 2.15. The van der Waals surface area contributed by atoms with Crippen LogP contribution in [0.5, 0.6) is 0 Å². The highest BCUT2D eigenvalue weighted by Crippen LogP contribution is 1.99. The van der Waals surface area contributed by atoms with Gasteiger partial charge in [-0.05, 0) is 18.9 Å². The zero-order valence-corrected chi connectivity index (χ0v) is 7.42. The van der Waals surface area contributed by atoms with Crippen LogP contribution < -0.4 is 0 Å². The topological polar surface area (TPSA) is 37.3 Å². The van der Waals surface area contributed by atoms with Crippen molar-refractivity contribution in [3.05, 3.63) is 24.3 Å². The maximum atomic E-state index is 9.96. The lowest BCUT2D eigenvalue weighted by molar-refractivity contribution is -0.132. The first kappa shape index (κ1) is 11.0. The van der Waals surface area contributed by atoms with Gasteiger partial charge in [0.2, 0.25) is 0 Å². The number of hydrogen-bond acceptors (Lipinski definition) is 1. The van der Waals surface area contributed by atoms with Gasteiger partial charge in [-0.15, -0.1) is 0 Å². The van der Waals surface area contributed by atoms with Crippen LogP contribution >= 0.6 is 0 Å². The molecule has 0 rings (SSSR count). The molecule has 1 radical (unpaired) electrons. The molecule has 0 heterocycles. The number of carboxylic acid groups (broad SMARTS) is 1. The van der Waals surface area contributed by atoms with Gasteiger partial charge in [-0.25, -0.2) is 4.79 Å². The van der Waals surface area contributed by atoms with Gasteiger partial charge in [-0.1, -0.05) is 31.9 Å². The molecule has 0 aromatic carbocycles. The maximum Gasteiger partial charge on any atom is 0.336 e. The predicted octanol–water partition coefficient (Wildman–Crippen LogP) is 2.57. The number of aliphatic carboxylic acids is 1. The van der Waals surface area contributed by atoms with Crippen molar-refractivity contribution in [2.24, 2.45) is 0 Å². The van der Waals surface area contributed by atoms with E-state index in [9.17, 15) is 4.79 Å². The smallest absolute Gasteiger partial charge is 0.336 e. The van der Waals surface area contributed by atoms with Gasteiger partial charge in [0.1, 0.15) is 0 Å². The summed E-state index contributed by atoms with van der Waals surface area (Å²) in [6, 6.07) is 0. The van der Waals surface area contributed by atoms with E-state index in [1.165, 1.54) is 25.3 Å². The Balaban J connectivity index is 3.31. The molecule has 0 aliphatic carbocycles. The van der Waals surface area contributed by atoms with Gasteiger partial charge in [0.15, 0.2) is 0 Å². The maximum absolute atomic E-state index is 9.96. The number of carboxylic acids is 1. The van der Waals surface area contributed by atoms with E-state index >= 15 is 0 Å². The lowest BCUT2D eigenvalue weighted by Crippen LogP contribution is -1.85. The third-order valence-corrected chi connectivity index (χ3v) is 1.41. The Bertz CT molecular complexity index is 169. The van der Waals surface area contributed by atoms with Crippen LogP contribution in [0.2, 0.25) is 0 Å². The molecule has 1 N–H and O–H groups in total. The van der Waals surface area contributed by atoms with Gasteiger partial charge in [0, 0.05) is 0 Å². The molecule has 12 heavy (non-hydrogen) atoms. The van der Waals surface area contributed by atoms with Crippen molar-refractivity contribution in [3.63, 3.8) is 0 Å². The largest absolute Gasteiger partial charge is 0.478 e. The van der Waals surface area contributed by atoms with Crippen molar-refractivity contribution in [1.29, 1.82) is 0 Å². The average molecular weight is 167 g/mol. The molecular formula is C10H15O2. The van der Waals surface area contributed by atoms with Gasteiger partial charge in [0.25, 0.3) is 0 Å². The van der Waals surface area contributed by atoms with Crippen molar-refractivity contribution in [2.75, 3.05) is 0 Å². The van der Waals surface area contributed by atoms with E-state index in [0.29, 0.717) is 0 Å². The summed E-state index contributed by atoms with van der Waals surface area (Å²) in [4.78, 5) is 9.96. The molecule has 0 atom stereocenters. The number of allylic oxidation sites excluding steroid dienone is 3. The highest BCUT2D eigenvalue weighted by Gasteiger charge is 1.82. The summed E-state index contributed by atoms with van der Waals surface area (Å²) in [7, 11) is 0. The fraction of sp³-hybridized carbons (Fsp3) is 0.500. The van der Waals surface area contributed by atoms with Crippen LogP contribution in [-0.4, -0.2) is 11.1 Å². The van der Waals surface area contributed by atoms with Crippen molar-refractivity contribution < 1.29 is 9.90 Å².